The maximum absolute atomic E-state index is 12.9. The predicted molar refractivity (Wildman–Crippen MR) is 90.0 cm³/mol. The van der Waals surface area contributed by atoms with Crippen molar-refractivity contribution < 1.29 is 13.6 Å². The molecule has 0 unspecified atom stereocenters. The third kappa shape index (κ3) is 3.49. The fourth-order valence-electron chi connectivity index (χ4n) is 2.11. The topological polar surface area (TPSA) is 80.6 Å². The van der Waals surface area contributed by atoms with E-state index in [4.69, 9.17) is 10.2 Å². The lowest BCUT2D eigenvalue weighted by atomic mass is 10.2. The number of hydrogen-bond acceptors (Lipinski definition) is 4. The minimum Gasteiger partial charge on any atom is -0.455 e. The quantitative estimate of drug-likeness (QED) is 0.438. The zero-order valence-electron chi connectivity index (χ0n) is 12.6. The number of nitrogen functional groups attached to an aromatic ring is 1. The molecule has 6 heteroatoms. The first-order valence-corrected chi connectivity index (χ1v) is 7.17. The number of benzene rings is 2. The third-order valence-corrected chi connectivity index (χ3v) is 3.32. The molecule has 0 saturated carbocycles. The zero-order chi connectivity index (χ0) is 16.9. The molecule has 0 aliphatic carbocycles. The van der Waals surface area contributed by atoms with E-state index in [1.54, 1.807) is 48.5 Å². The van der Waals surface area contributed by atoms with Crippen LogP contribution in [-0.2, 0) is 0 Å². The van der Waals surface area contributed by atoms with Crippen molar-refractivity contribution in [2.75, 3.05) is 5.73 Å². The van der Waals surface area contributed by atoms with E-state index in [1.165, 1.54) is 18.3 Å². The zero-order valence-corrected chi connectivity index (χ0v) is 12.6. The lowest BCUT2D eigenvalue weighted by Gasteiger charge is -2.02. The van der Waals surface area contributed by atoms with Crippen molar-refractivity contribution in [2.45, 2.75) is 0 Å². The molecule has 1 amide bonds. The van der Waals surface area contributed by atoms with Gasteiger partial charge in [0.1, 0.15) is 17.3 Å². The fourth-order valence-corrected chi connectivity index (χ4v) is 2.11. The second-order valence-electron chi connectivity index (χ2n) is 5.00. The molecular formula is C18H14FN3O2. The number of carbonyl (C=O) groups excluding carboxylic acids is 1. The van der Waals surface area contributed by atoms with Crippen LogP contribution in [0.5, 0.6) is 0 Å². The third-order valence-electron chi connectivity index (χ3n) is 3.32. The Hall–Kier alpha value is -3.41. The lowest BCUT2D eigenvalue weighted by Crippen LogP contribution is -2.18. The summed E-state index contributed by atoms with van der Waals surface area (Å²) in [5.41, 5.74) is 9.58. The molecule has 24 heavy (non-hydrogen) atoms. The normalized spacial score (nSPS) is 10.9. The number of carbonyl (C=O) groups is 1. The number of para-hydroxylation sites is 1. The van der Waals surface area contributed by atoms with Crippen molar-refractivity contribution in [3.8, 4) is 11.3 Å². The molecule has 0 aliphatic heterocycles. The van der Waals surface area contributed by atoms with Gasteiger partial charge in [-0.15, -0.1) is 0 Å². The molecule has 3 rings (SSSR count). The molecule has 0 spiro atoms. The number of amides is 1. The Bertz CT molecular complexity index is 885. The van der Waals surface area contributed by atoms with Crippen molar-refractivity contribution in [2.24, 2.45) is 5.10 Å². The number of nitrogens with one attached hydrogen (secondary N) is 1. The summed E-state index contributed by atoms with van der Waals surface area (Å²) in [4.78, 5) is 11.9. The Labute approximate surface area is 137 Å². The molecule has 0 radical (unpaired) electrons. The Balaban J connectivity index is 1.66. The van der Waals surface area contributed by atoms with E-state index in [2.05, 4.69) is 10.5 Å². The van der Waals surface area contributed by atoms with Gasteiger partial charge in [-0.3, -0.25) is 4.79 Å². The molecule has 3 aromatic rings. The highest BCUT2D eigenvalue weighted by Gasteiger charge is 2.07. The summed E-state index contributed by atoms with van der Waals surface area (Å²) in [6, 6.07) is 16.1. The molecule has 120 valence electrons. The summed E-state index contributed by atoms with van der Waals surface area (Å²) in [7, 11) is 0. The van der Waals surface area contributed by atoms with Gasteiger partial charge in [0.2, 0.25) is 0 Å². The van der Waals surface area contributed by atoms with Crippen LogP contribution in [0, 0.1) is 5.82 Å². The minimum absolute atomic E-state index is 0.310. The van der Waals surface area contributed by atoms with E-state index in [-0.39, 0.29) is 5.82 Å². The van der Waals surface area contributed by atoms with Gasteiger partial charge in [0.15, 0.2) is 0 Å². The second-order valence-corrected chi connectivity index (χ2v) is 5.00. The number of rotatable bonds is 4. The maximum Gasteiger partial charge on any atom is 0.273 e. The van der Waals surface area contributed by atoms with Crippen LogP contribution in [0.2, 0.25) is 0 Å². The van der Waals surface area contributed by atoms with Crippen LogP contribution in [-0.4, -0.2) is 12.1 Å². The SMILES string of the molecule is Nc1ccccc1C(=O)N/N=C\c1ccc(-c2ccc(F)cc2)o1. The average Bonchev–Trinajstić information content (AvgIpc) is 3.04. The number of nitrogens with zero attached hydrogens (tertiary/aromatic N) is 1. The molecule has 3 N–H and O–H groups in total. The van der Waals surface area contributed by atoms with E-state index in [1.807, 2.05) is 0 Å². The molecule has 0 fully saturated rings. The highest BCUT2D eigenvalue weighted by atomic mass is 19.1. The lowest BCUT2D eigenvalue weighted by molar-refractivity contribution is 0.0956. The van der Waals surface area contributed by atoms with E-state index in [0.717, 1.165) is 5.56 Å². The van der Waals surface area contributed by atoms with Crippen LogP contribution in [0.15, 0.2) is 70.2 Å². The van der Waals surface area contributed by atoms with Crippen molar-refractivity contribution >= 4 is 17.8 Å². The second kappa shape index (κ2) is 6.78. The van der Waals surface area contributed by atoms with Gasteiger partial charge in [-0.25, -0.2) is 9.82 Å². The van der Waals surface area contributed by atoms with Crippen LogP contribution in [0.4, 0.5) is 10.1 Å². The molecule has 5 nitrogen and oxygen atoms in total. The standard InChI is InChI=1S/C18H14FN3O2/c19-13-7-5-12(6-8-13)17-10-9-14(24-17)11-21-22-18(23)15-3-1-2-4-16(15)20/h1-11H,20H2,(H,22,23)/b21-11-. The molecule has 0 aliphatic rings. The molecule has 0 saturated heterocycles. The van der Waals surface area contributed by atoms with Gasteiger partial charge in [0.25, 0.3) is 5.91 Å². The largest absolute Gasteiger partial charge is 0.455 e. The summed E-state index contributed by atoms with van der Waals surface area (Å²) >= 11 is 0. The van der Waals surface area contributed by atoms with Crippen molar-refractivity contribution in [3.63, 3.8) is 0 Å². The molecule has 1 heterocycles. The molecule has 2 aromatic carbocycles. The number of halogens is 1. The van der Waals surface area contributed by atoms with Crippen molar-refractivity contribution in [1.29, 1.82) is 0 Å². The van der Waals surface area contributed by atoms with Crippen LogP contribution >= 0.6 is 0 Å². The average molecular weight is 323 g/mol. The van der Waals surface area contributed by atoms with Gasteiger partial charge in [0.05, 0.1) is 11.8 Å². The van der Waals surface area contributed by atoms with Crippen LogP contribution in [0.25, 0.3) is 11.3 Å². The summed E-state index contributed by atoms with van der Waals surface area (Å²) in [5, 5.41) is 3.85. The minimum atomic E-state index is -0.408. The Kier molecular flexibility index (Phi) is 4.38. The van der Waals surface area contributed by atoms with Gasteiger partial charge in [-0.2, -0.15) is 5.10 Å². The Morgan fingerprint density at radius 1 is 1.08 bits per heavy atom. The van der Waals surface area contributed by atoms with E-state index < -0.39 is 5.91 Å². The first-order valence-electron chi connectivity index (χ1n) is 7.17. The highest BCUT2D eigenvalue weighted by molar-refractivity contribution is 5.99. The van der Waals surface area contributed by atoms with Gasteiger partial charge < -0.3 is 10.2 Å². The van der Waals surface area contributed by atoms with Crippen molar-refractivity contribution in [1.82, 2.24) is 5.43 Å². The monoisotopic (exact) mass is 323 g/mol. The van der Waals surface area contributed by atoms with E-state index in [9.17, 15) is 9.18 Å². The fraction of sp³-hybridized carbons (Fsp3) is 0. The number of hydrogen-bond donors (Lipinski definition) is 2. The number of furan rings is 1. The van der Waals surface area contributed by atoms with Gasteiger partial charge in [0, 0.05) is 11.3 Å². The molecule has 0 bridgehead atoms. The highest BCUT2D eigenvalue weighted by Crippen LogP contribution is 2.21. The maximum atomic E-state index is 12.9. The number of anilines is 1. The Morgan fingerprint density at radius 3 is 2.58 bits per heavy atom. The summed E-state index contributed by atoms with van der Waals surface area (Å²) < 4.78 is 18.5. The summed E-state index contributed by atoms with van der Waals surface area (Å²) in [6.45, 7) is 0. The Morgan fingerprint density at radius 2 is 1.83 bits per heavy atom. The van der Waals surface area contributed by atoms with Crippen LogP contribution in [0.1, 0.15) is 16.1 Å². The predicted octanol–water partition coefficient (Wildman–Crippen LogP) is 3.43. The summed E-state index contributed by atoms with van der Waals surface area (Å²) in [5.74, 6) is 0.315. The van der Waals surface area contributed by atoms with Gasteiger partial charge >= 0.3 is 0 Å². The first kappa shape index (κ1) is 15.5. The number of hydrazone groups is 1. The van der Waals surface area contributed by atoms with Gasteiger partial charge in [-0.1, -0.05) is 12.1 Å². The number of nitrogens with two attached hydrogens (primary N) is 1. The van der Waals surface area contributed by atoms with Crippen LogP contribution in [0.3, 0.4) is 0 Å². The summed E-state index contributed by atoms with van der Waals surface area (Å²) in [6.07, 6.45) is 1.38. The smallest absolute Gasteiger partial charge is 0.273 e. The van der Waals surface area contributed by atoms with Gasteiger partial charge in [-0.05, 0) is 48.5 Å². The first-order chi connectivity index (χ1) is 11.6. The molecule has 0 atom stereocenters. The molecule has 1 aromatic heterocycles. The van der Waals surface area contributed by atoms with E-state index in [0.29, 0.717) is 22.8 Å². The van der Waals surface area contributed by atoms with E-state index >= 15 is 0 Å². The molecular weight excluding hydrogens is 309 g/mol. The van der Waals surface area contributed by atoms with Crippen molar-refractivity contribution in [3.05, 3.63) is 77.8 Å². The van der Waals surface area contributed by atoms with Crippen LogP contribution < -0.4 is 11.2 Å².